The van der Waals surface area contributed by atoms with Gasteiger partial charge in [0.2, 0.25) is 11.9 Å². The van der Waals surface area contributed by atoms with E-state index in [2.05, 4.69) is 20.1 Å². The van der Waals surface area contributed by atoms with Gasteiger partial charge in [0.1, 0.15) is 5.82 Å². The number of carbonyl (C=O) groups excluding carboxylic acids is 1. The second kappa shape index (κ2) is 8.45. The van der Waals surface area contributed by atoms with Crippen LogP contribution in [-0.2, 0) is 4.79 Å². The van der Waals surface area contributed by atoms with Gasteiger partial charge in [-0.25, -0.2) is 4.98 Å². The molecule has 0 unspecified atom stereocenters. The van der Waals surface area contributed by atoms with Crippen molar-refractivity contribution >= 4 is 11.7 Å². The van der Waals surface area contributed by atoms with Gasteiger partial charge in [0.05, 0.1) is 0 Å². The van der Waals surface area contributed by atoms with Gasteiger partial charge in [-0.15, -0.1) is 0 Å². The Morgan fingerprint density at radius 1 is 1.03 bits per heavy atom. The van der Waals surface area contributed by atoms with Crippen LogP contribution in [0.15, 0.2) is 18.2 Å². The predicted octanol–water partition coefficient (Wildman–Crippen LogP) is 3.46. The molecule has 5 aliphatic rings. The quantitative estimate of drug-likeness (QED) is 0.549. The van der Waals surface area contributed by atoms with Crippen LogP contribution in [0.5, 0.6) is 0 Å². The van der Waals surface area contributed by atoms with E-state index in [1.54, 1.807) is 6.07 Å². The van der Waals surface area contributed by atoms with Gasteiger partial charge < -0.3 is 10.2 Å². The predicted molar refractivity (Wildman–Crippen MR) is 116 cm³/mol. The molecule has 1 saturated heterocycles. The van der Waals surface area contributed by atoms with Gasteiger partial charge in [-0.05, 0) is 87.8 Å². The summed E-state index contributed by atoms with van der Waals surface area (Å²) in [4.78, 5) is 21.6. The number of hydrogen-bond donors (Lipinski definition) is 1. The number of amides is 1. The molecular weight excluding hydrogens is 378 g/mol. The number of aromatic nitrogens is 1. The summed E-state index contributed by atoms with van der Waals surface area (Å²) in [5.41, 5.74) is -0.0178. The van der Waals surface area contributed by atoms with Crippen LogP contribution in [0, 0.1) is 29.1 Å². The van der Waals surface area contributed by atoms with Crippen molar-refractivity contribution in [2.75, 3.05) is 44.2 Å². The maximum atomic E-state index is 13.3. The monoisotopic (exact) mass is 413 g/mol. The average Bonchev–Trinajstić information content (AvgIpc) is 2.73. The summed E-state index contributed by atoms with van der Waals surface area (Å²) in [6, 6.07) is 4.99. The van der Waals surface area contributed by atoms with E-state index < -0.39 is 5.95 Å². The van der Waals surface area contributed by atoms with Crippen LogP contribution in [0.4, 0.5) is 10.2 Å². The van der Waals surface area contributed by atoms with Crippen LogP contribution < -0.4 is 10.2 Å². The lowest BCUT2D eigenvalue weighted by molar-refractivity contribution is -0.146. The summed E-state index contributed by atoms with van der Waals surface area (Å²) >= 11 is 0. The molecule has 0 radical (unpaired) electrons. The summed E-state index contributed by atoms with van der Waals surface area (Å²) in [7, 11) is 0. The third-order valence-corrected chi connectivity index (χ3v) is 8.10. The topological polar surface area (TPSA) is 48.5 Å². The number of unbranched alkanes of at least 4 members (excludes halogenated alkanes) is 1. The number of rotatable bonds is 7. The largest absolute Gasteiger partial charge is 0.356 e. The molecule has 1 aliphatic heterocycles. The van der Waals surface area contributed by atoms with Crippen molar-refractivity contribution < 1.29 is 9.18 Å². The molecule has 1 N–H and O–H groups in total. The molecule has 5 fully saturated rings. The molecule has 1 amide bonds. The van der Waals surface area contributed by atoms with E-state index in [1.165, 1.54) is 25.3 Å². The summed E-state index contributed by atoms with van der Waals surface area (Å²) in [5.74, 6) is 3.15. The van der Waals surface area contributed by atoms with Crippen molar-refractivity contribution in [2.45, 2.75) is 51.4 Å². The van der Waals surface area contributed by atoms with Gasteiger partial charge in [0.15, 0.2) is 0 Å². The van der Waals surface area contributed by atoms with Crippen molar-refractivity contribution in [3.63, 3.8) is 0 Å². The number of piperazine rings is 1. The number of anilines is 1. The zero-order valence-electron chi connectivity index (χ0n) is 18.0. The minimum Gasteiger partial charge on any atom is -0.356 e. The maximum absolute atomic E-state index is 13.3. The number of nitrogens with one attached hydrogen (secondary N) is 1. The lowest BCUT2D eigenvalue weighted by Gasteiger charge is -2.55. The highest BCUT2D eigenvalue weighted by molar-refractivity contribution is 5.83. The Morgan fingerprint density at radius 3 is 2.33 bits per heavy atom. The van der Waals surface area contributed by atoms with Gasteiger partial charge in [-0.3, -0.25) is 9.69 Å². The first kappa shape index (κ1) is 20.2. The van der Waals surface area contributed by atoms with Gasteiger partial charge in [-0.2, -0.15) is 4.39 Å². The zero-order chi connectivity index (χ0) is 20.6. The number of pyridine rings is 1. The highest BCUT2D eigenvalue weighted by Gasteiger charge is 2.54. The fourth-order valence-electron chi connectivity index (χ4n) is 7.01. The Bertz CT molecular complexity index is 726. The Balaban J connectivity index is 0.997. The molecule has 164 valence electrons. The summed E-state index contributed by atoms with van der Waals surface area (Å²) in [6.45, 7) is 5.62. The molecule has 4 bridgehead atoms. The van der Waals surface area contributed by atoms with Crippen LogP contribution in [0.3, 0.4) is 0 Å². The standard InChI is InChI=1S/C24H35FN4O/c25-21-4-3-5-22(27-21)29-10-8-28(9-11-29)7-2-1-6-26-23(30)24-15-18-12-19(16-24)14-20(13-18)17-24/h3-5,18-20H,1-2,6-17H2,(H,26,30)/i25-1. The van der Waals surface area contributed by atoms with E-state index in [0.717, 1.165) is 94.9 Å². The van der Waals surface area contributed by atoms with Crippen LogP contribution in [0.1, 0.15) is 51.4 Å². The maximum Gasteiger partial charge on any atom is 0.226 e. The second-order valence-electron chi connectivity index (χ2n) is 10.3. The second-order valence-corrected chi connectivity index (χ2v) is 10.3. The molecule has 0 atom stereocenters. The molecule has 0 spiro atoms. The van der Waals surface area contributed by atoms with E-state index in [1.807, 2.05) is 6.07 Å². The normalized spacial score (nSPS) is 33.1. The molecule has 6 rings (SSSR count). The van der Waals surface area contributed by atoms with Crippen molar-refractivity contribution in [3.05, 3.63) is 24.1 Å². The average molecular weight is 414 g/mol. The first-order chi connectivity index (χ1) is 14.6. The summed E-state index contributed by atoms with van der Waals surface area (Å²) in [5, 5.41) is 3.30. The summed E-state index contributed by atoms with van der Waals surface area (Å²) in [6.07, 6.45) is 9.75. The van der Waals surface area contributed by atoms with Crippen LogP contribution in [0.2, 0.25) is 0 Å². The van der Waals surface area contributed by atoms with Crippen molar-refractivity contribution in [2.24, 2.45) is 23.2 Å². The lowest BCUT2D eigenvalue weighted by atomic mass is 9.49. The molecule has 0 aromatic carbocycles. The van der Waals surface area contributed by atoms with E-state index in [0.29, 0.717) is 5.91 Å². The highest BCUT2D eigenvalue weighted by Crippen LogP contribution is 2.60. The number of halogens is 1. The van der Waals surface area contributed by atoms with Crippen LogP contribution in [-0.4, -0.2) is 55.1 Å². The van der Waals surface area contributed by atoms with Gasteiger partial charge in [0.25, 0.3) is 0 Å². The lowest BCUT2D eigenvalue weighted by Crippen LogP contribution is -2.53. The van der Waals surface area contributed by atoms with Crippen LogP contribution >= 0.6 is 0 Å². The first-order valence-corrected chi connectivity index (χ1v) is 12.0. The first-order valence-electron chi connectivity index (χ1n) is 12.0. The highest BCUT2D eigenvalue weighted by atomic mass is 18.2. The van der Waals surface area contributed by atoms with Gasteiger partial charge in [0, 0.05) is 38.1 Å². The summed E-state index contributed by atoms with van der Waals surface area (Å²) < 4.78 is 13.3. The number of hydrogen-bond acceptors (Lipinski definition) is 4. The number of carbonyl (C=O) groups is 1. The third kappa shape index (κ3) is 4.20. The molecule has 1 aromatic heterocycles. The Morgan fingerprint density at radius 2 is 1.70 bits per heavy atom. The third-order valence-electron chi connectivity index (χ3n) is 8.10. The molecular formula is C24H35FN4O. The Hall–Kier alpha value is -1.69. The molecule has 4 saturated carbocycles. The minimum atomic E-state index is -0.412. The van der Waals surface area contributed by atoms with Gasteiger partial charge in [-0.1, -0.05) is 6.07 Å². The van der Waals surface area contributed by atoms with Crippen LogP contribution in [0.25, 0.3) is 0 Å². The Labute approximate surface area is 179 Å². The van der Waals surface area contributed by atoms with E-state index in [9.17, 15) is 9.18 Å². The zero-order valence-corrected chi connectivity index (χ0v) is 18.0. The molecule has 5 nitrogen and oxygen atoms in total. The van der Waals surface area contributed by atoms with Crippen molar-refractivity contribution in [1.82, 2.24) is 15.2 Å². The smallest absolute Gasteiger partial charge is 0.226 e. The molecule has 30 heavy (non-hydrogen) atoms. The Kier molecular flexibility index (Phi) is 5.69. The van der Waals surface area contributed by atoms with E-state index >= 15 is 0 Å². The molecule has 2 heterocycles. The van der Waals surface area contributed by atoms with Crippen molar-refractivity contribution in [1.29, 1.82) is 0 Å². The fraction of sp³-hybridized carbons (Fsp3) is 0.750. The number of nitrogens with zero attached hydrogens (tertiary/aromatic N) is 3. The van der Waals surface area contributed by atoms with E-state index in [-0.39, 0.29) is 5.41 Å². The fourth-order valence-corrected chi connectivity index (χ4v) is 7.01. The molecule has 4 aliphatic carbocycles. The van der Waals surface area contributed by atoms with Gasteiger partial charge >= 0.3 is 0 Å². The minimum absolute atomic E-state index is 0.0178. The molecule has 1 aromatic rings. The molecule has 6 heteroatoms. The van der Waals surface area contributed by atoms with Crippen molar-refractivity contribution in [3.8, 4) is 0 Å². The van der Waals surface area contributed by atoms with E-state index in [4.69, 9.17) is 0 Å². The SMILES string of the molecule is O=C(NCCCCN1CCN(c2cccc([18F])n2)CC1)C12CC3CC(CC(C3)C1)C2.